The van der Waals surface area contributed by atoms with Crippen LogP contribution in [0.2, 0.25) is 0 Å². The molecule has 0 saturated carbocycles. The van der Waals surface area contributed by atoms with Crippen molar-refractivity contribution in [3.63, 3.8) is 0 Å². The van der Waals surface area contributed by atoms with Crippen LogP contribution in [0.3, 0.4) is 0 Å². The Morgan fingerprint density at radius 3 is 3.04 bits per heavy atom. The number of H-pyrrole nitrogens is 1. The normalized spacial score (nSPS) is 19.0. The molecule has 3 aromatic heterocycles. The predicted octanol–water partition coefficient (Wildman–Crippen LogP) is 2.23. The minimum Gasteiger partial charge on any atom is -0.359 e. The molecule has 0 bridgehead atoms. The summed E-state index contributed by atoms with van der Waals surface area (Å²) in [5, 5.41) is 15.5. The lowest BCUT2D eigenvalue weighted by atomic mass is 10.0. The van der Waals surface area contributed by atoms with Gasteiger partial charge in [-0.15, -0.1) is 0 Å². The number of hydrogen-bond donors (Lipinski definition) is 1. The molecule has 0 aromatic carbocycles. The van der Waals surface area contributed by atoms with Gasteiger partial charge in [0.2, 0.25) is 0 Å². The van der Waals surface area contributed by atoms with Crippen LogP contribution in [0.1, 0.15) is 42.6 Å². The van der Waals surface area contributed by atoms with E-state index in [1.807, 2.05) is 30.9 Å². The molecule has 1 aliphatic heterocycles. The number of aryl methyl sites for hydroxylation is 1. The van der Waals surface area contributed by atoms with E-state index in [0.29, 0.717) is 0 Å². The number of piperidine rings is 1. The maximum atomic E-state index is 5.58. The van der Waals surface area contributed by atoms with E-state index >= 15 is 0 Å². The lowest BCUT2D eigenvalue weighted by Crippen LogP contribution is -2.33. The smallest absolute Gasteiger partial charge is 0.151 e. The molecule has 0 spiro atoms. The minimum absolute atomic E-state index is 0.259. The van der Waals surface area contributed by atoms with E-state index < -0.39 is 0 Å². The summed E-state index contributed by atoms with van der Waals surface area (Å²) in [5.74, 6) is 1.79. The van der Waals surface area contributed by atoms with Crippen LogP contribution in [0.15, 0.2) is 23.1 Å². The molecule has 1 fully saturated rings. The van der Waals surface area contributed by atoms with Crippen LogP contribution >= 0.6 is 0 Å². The zero-order chi connectivity index (χ0) is 16.5. The molecule has 4 rings (SSSR count). The highest BCUT2D eigenvalue weighted by Gasteiger charge is 2.27. The van der Waals surface area contributed by atoms with Crippen molar-refractivity contribution in [1.29, 1.82) is 0 Å². The number of aromatic nitrogens is 6. The maximum absolute atomic E-state index is 5.58. The molecule has 1 atom stereocenters. The van der Waals surface area contributed by atoms with Gasteiger partial charge in [0.1, 0.15) is 17.8 Å². The van der Waals surface area contributed by atoms with Crippen molar-refractivity contribution in [2.24, 2.45) is 7.05 Å². The first-order valence-corrected chi connectivity index (χ1v) is 8.26. The van der Waals surface area contributed by atoms with Gasteiger partial charge in [-0.2, -0.15) is 10.2 Å². The Morgan fingerprint density at radius 2 is 2.29 bits per heavy atom. The monoisotopic (exact) mass is 327 g/mol. The molecule has 0 aliphatic carbocycles. The van der Waals surface area contributed by atoms with Gasteiger partial charge >= 0.3 is 0 Å². The van der Waals surface area contributed by atoms with Gasteiger partial charge < -0.3 is 4.52 Å². The van der Waals surface area contributed by atoms with Crippen LogP contribution in [0.4, 0.5) is 0 Å². The molecular formula is C16H21N7O. The Morgan fingerprint density at radius 1 is 1.38 bits per heavy atom. The minimum atomic E-state index is 0.259. The molecule has 8 nitrogen and oxygen atoms in total. The summed E-state index contributed by atoms with van der Waals surface area (Å²) in [6.07, 6.45) is 6.87. The molecular weight excluding hydrogens is 306 g/mol. The Labute approximate surface area is 139 Å². The van der Waals surface area contributed by atoms with Crippen molar-refractivity contribution in [1.82, 2.24) is 35.0 Å². The largest absolute Gasteiger partial charge is 0.359 e. The van der Waals surface area contributed by atoms with Gasteiger partial charge in [0.25, 0.3) is 0 Å². The van der Waals surface area contributed by atoms with E-state index in [1.165, 1.54) is 12.8 Å². The van der Waals surface area contributed by atoms with Crippen LogP contribution in [-0.4, -0.2) is 41.6 Å². The van der Waals surface area contributed by atoms with Crippen LogP contribution in [0.5, 0.6) is 0 Å². The van der Waals surface area contributed by atoms with Crippen LogP contribution < -0.4 is 0 Å². The van der Waals surface area contributed by atoms with Gasteiger partial charge in [-0.3, -0.25) is 14.7 Å². The van der Waals surface area contributed by atoms with E-state index in [-0.39, 0.29) is 6.04 Å². The van der Waals surface area contributed by atoms with E-state index in [9.17, 15) is 0 Å². The van der Waals surface area contributed by atoms with E-state index in [1.54, 1.807) is 6.33 Å². The van der Waals surface area contributed by atoms with Gasteiger partial charge in [0, 0.05) is 24.4 Å². The predicted molar refractivity (Wildman–Crippen MR) is 86.8 cm³/mol. The lowest BCUT2D eigenvalue weighted by Gasteiger charge is -2.33. The van der Waals surface area contributed by atoms with Crippen molar-refractivity contribution in [2.75, 3.05) is 6.54 Å². The van der Waals surface area contributed by atoms with Crippen LogP contribution in [0.25, 0.3) is 11.3 Å². The number of nitrogens with zero attached hydrogens (tertiary/aromatic N) is 6. The third kappa shape index (κ3) is 2.73. The number of aromatic amines is 1. The third-order valence-electron chi connectivity index (χ3n) is 4.79. The fraction of sp³-hybridized carbons (Fsp3) is 0.500. The highest BCUT2D eigenvalue weighted by Crippen LogP contribution is 2.31. The fourth-order valence-electron chi connectivity index (χ4n) is 3.33. The van der Waals surface area contributed by atoms with E-state index in [2.05, 4.69) is 30.3 Å². The molecule has 3 aromatic rings. The zero-order valence-corrected chi connectivity index (χ0v) is 13.9. The SMILES string of the molecule is Cc1c(-c2cc(CN3CCCCC3c3ncn[nH]3)on2)cnn1C. The van der Waals surface area contributed by atoms with Crippen molar-refractivity contribution in [2.45, 2.75) is 38.8 Å². The van der Waals surface area contributed by atoms with Gasteiger partial charge in [-0.1, -0.05) is 11.6 Å². The van der Waals surface area contributed by atoms with Crippen molar-refractivity contribution in [3.8, 4) is 11.3 Å². The quantitative estimate of drug-likeness (QED) is 0.790. The van der Waals surface area contributed by atoms with Gasteiger partial charge in [0.05, 0.1) is 18.8 Å². The highest BCUT2D eigenvalue weighted by molar-refractivity contribution is 5.60. The Balaban J connectivity index is 1.53. The van der Waals surface area contributed by atoms with Gasteiger partial charge in [0.15, 0.2) is 5.76 Å². The Hall–Kier alpha value is -2.48. The summed E-state index contributed by atoms with van der Waals surface area (Å²) in [5.41, 5.74) is 2.93. The summed E-state index contributed by atoms with van der Waals surface area (Å²) in [6, 6.07) is 2.27. The van der Waals surface area contributed by atoms with Crippen molar-refractivity contribution < 1.29 is 4.52 Å². The Bertz CT molecular complexity index is 804. The summed E-state index contributed by atoms with van der Waals surface area (Å²) in [6.45, 7) is 3.77. The van der Waals surface area contributed by atoms with Crippen molar-refractivity contribution >= 4 is 0 Å². The highest BCUT2D eigenvalue weighted by atomic mass is 16.5. The first-order chi connectivity index (χ1) is 11.7. The topological polar surface area (TPSA) is 88.7 Å². The molecule has 0 radical (unpaired) electrons. The summed E-state index contributed by atoms with van der Waals surface area (Å²) < 4.78 is 7.42. The maximum Gasteiger partial charge on any atom is 0.151 e. The average molecular weight is 327 g/mol. The molecule has 24 heavy (non-hydrogen) atoms. The first kappa shape index (κ1) is 15.1. The van der Waals surface area contributed by atoms with Gasteiger partial charge in [-0.05, 0) is 26.3 Å². The number of rotatable bonds is 4. The van der Waals surface area contributed by atoms with Gasteiger partial charge in [-0.25, -0.2) is 4.98 Å². The second kappa shape index (κ2) is 6.20. The molecule has 126 valence electrons. The Kier molecular flexibility index (Phi) is 3.89. The molecule has 1 unspecified atom stereocenters. The molecule has 1 saturated heterocycles. The summed E-state index contributed by atoms with van der Waals surface area (Å²) in [4.78, 5) is 6.71. The first-order valence-electron chi connectivity index (χ1n) is 8.26. The molecule has 8 heteroatoms. The van der Waals surface area contributed by atoms with E-state index in [0.717, 1.165) is 48.0 Å². The summed E-state index contributed by atoms with van der Waals surface area (Å²) >= 11 is 0. The summed E-state index contributed by atoms with van der Waals surface area (Å²) in [7, 11) is 1.93. The van der Waals surface area contributed by atoms with Crippen LogP contribution in [0, 0.1) is 6.92 Å². The molecule has 0 amide bonds. The number of hydrogen-bond acceptors (Lipinski definition) is 6. The average Bonchev–Trinajstić information content (AvgIpc) is 3.32. The third-order valence-corrected chi connectivity index (χ3v) is 4.79. The van der Waals surface area contributed by atoms with Crippen LogP contribution in [-0.2, 0) is 13.6 Å². The number of nitrogens with one attached hydrogen (secondary N) is 1. The lowest BCUT2D eigenvalue weighted by molar-refractivity contribution is 0.120. The molecule has 1 aliphatic rings. The fourth-order valence-corrected chi connectivity index (χ4v) is 3.33. The number of likely N-dealkylation sites (tertiary alicyclic amines) is 1. The van der Waals surface area contributed by atoms with Crippen molar-refractivity contribution in [3.05, 3.63) is 35.9 Å². The zero-order valence-electron chi connectivity index (χ0n) is 13.9. The second-order valence-corrected chi connectivity index (χ2v) is 6.30. The second-order valence-electron chi connectivity index (χ2n) is 6.30. The van der Waals surface area contributed by atoms with E-state index in [4.69, 9.17) is 4.52 Å². The molecule has 1 N–H and O–H groups in total. The standard InChI is InChI=1S/C16H21N7O/c1-11-13(8-19-22(11)2)14-7-12(24-21-14)9-23-6-4-3-5-15(23)16-17-10-18-20-16/h7-8,10,15H,3-6,9H2,1-2H3,(H,17,18,20). The molecule has 4 heterocycles.